The van der Waals surface area contributed by atoms with Crippen LogP contribution in [0.3, 0.4) is 0 Å². The van der Waals surface area contributed by atoms with Crippen molar-refractivity contribution in [1.82, 2.24) is 25.1 Å². The number of methoxy groups -OCH3 is 1. The molecule has 0 fully saturated rings. The van der Waals surface area contributed by atoms with E-state index in [0.717, 1.165) is 44.7 Å². The number of nitrogens with zero attached hydrogens (tertiary/aromatic N) is 3. The Balaban J connectivity index is 1.69. The second-order valence-corrected chi connectivity index (χ2v) is 6.00. The molecule has 0 radical (unpaired) electrons. The highest BCUT2D eigenvalue weighted by atomic mass is 16.5. The zero-order valence-electron chi connectivity index (χ0n) is 14.0. The maximum Gasteiger partial charge on any atom is 0.174 e. The number of hydrogen-bond donors (Lipinski definition) is 2. The monoisotopic (exact) mass is 341 g/mol. The predicted octanol–water partition coefficient (Wildman–Crippen LogP) is 4.18. The lowest BCUT2D eigenvalue weighted by molar-refractivity contribution is 0.416. The van der Waals surface area contributed by atoms with Gasteiger partial charge in [-0.2, -0.15) is 5.10 Å². The highest BCUT2D eigenvalue weighted by molar-refractivity contribution is 5.91. The zero-order chi connectivity index (χ0) is 17.5. The minimum Gasteiger partial charge on any atom is -0.496 e. The van der Waals surface area contributed by atoms with E-state index >= 15 is 0 Å². The summed E-state index contributed by atoms with van der Waals surface area (Å²) in [6, 6.07) is 16.0. The molecule has 0 aliphatic carbocycles. The Hall–Kier alpha value is -3.67. The maximum atomic E-state index is 5.47. The molecule has 5 aromatic rings. The molecule has 3 heterocycles. The highest BCUT2D eigenvalue weighted by Gasteiger charge is 2.15. The average Bonchev–Trinajstić information content (AvgIpc) is 3.33. The quantitative estimate of drug-likeness (QED) is 0.516. The van der Waals surface area contributed by atoms with Crippen LogP contribution in [0.2, 0.25) is 0 Å². The van der Waals surface area contributed by atoms with Gasteiger partial charge in [-0.05, 0) is 30.3 Å². The SMILES string of the molecule is COc1ccccc1-c1n[nH]c2ncc(-c3ccc4[nH]ccc4c3)nc12. The molecule has 0 amide bonds. The normalized spacial score (nSPS) is 11.3. The Morgan fingerprint density at radius 3 is 2.88 bits per heavy atom. The number of fused-ring (bicyclic) bond motifs is 2. The molecular formula is C20H15N5O. The Morgan fingerprint density at radius 2 is 1.96 bits per heavy atom. The molecule has 126 valence electrons. The van der Waals surface area contributed by atoms with Crippen molar-refractivity contribution >= 4 is 22.1 Å². The summed E-state index contributed by atoms with van der Waals surface area (Å²) in [5.74, 6) is 0.752. The first kappa shape index (κ1) is 14.7. The number of benzene rings is 2. The van der Waals surface area contributed by atoms with Crippen molar-refractivity contribution in [2.24, 2.45) is 0 Å². The number of rotatable bonds is 3. The van der Waals surface area contributed by atoms with E-state index in [9.17, 15) is 0 Å². The maximum absolute atomic E-state index is 5.47. The van der Waals surface area contributed by atoms with Crippen LogP contribution < -0.4 is 4.74 Å². The number of aromatic nitrogens is 5. The van der Waals surface area contributed by atoms with Gasteiger partial charge >= 0.3 is 0 Å². The van der Waals surface area contributed by atoms with Crippen molar-refractivity contribution in [1.29, 1.82) is 0 Å². The van der Waals surface area contributed by atoms with Gasteiger partial charge in [0, 0.05) is 28.2 Å². The summed E-state index contributed by atoms with van der Waals surface area (Å²) in [6.45, 7) is 0. The number of aromatic amines is 2. The second kappa shape index (κ2) is 5.70. The predicted molar refractivity (Wildman–Crippen MR) is 101 cm³/mol. The molecule has 0 atom stereocenters. The first-order chi connectivity index (χ1) is 12.8. The number of hydrogen-bond acceptors (Lipinski definition) is 4. The van der Waals surface area contributed by atoms with Gasteiger partial charge in [0.05, 0.1) is 19.0 Å². The largest absolute Gasteiger partial charge is 0.496 e. The number of para-hydroxylation sites is 1. The third-order valence-electron chi connectivity index (χ3n) is 4.48. The third kappa shape index (κ3) is 2.23. The number of nitrogens with one attached hydrogen (secondary N) is 2. The van der Waals surface area contributed by atoms with Crippen molar-refractivity contribution in [3.05, 3.63) is 60.9 Å². The van der Waals surface area contributed by atoms with Crippen LogP contribution in [0.5, 0.6) is 5.75 Å². The highest BCUT2D eigenvalue weighted by Crippen LogP contribution is 2.33. The summed E-state index contributed by atoms with van der Waals surface area (Å²) in [4.78, 5) is 12.5. The molecule has 0 aliphatic rings. The van der Waals surface area contributed by atoms with Crippen LogP contribution in [0.15, 0.2) is 60.9 Å². The van der Waals surface area contributed by atoms with E-state index in [1.54, 1.807) is 13.3 Å². The topological polar surface area (TPSA) is 79.5 Å². The van der Waals surface area contributed by atoms with Crippen LogP contribution in [-0.2, 0) is 0 Å². The van der Waals surface area contributed by atoms with Crippen molar-refractivity contribution in [2.75, 3.05) is 7.11 Å². The zero-order valence-corrected chi connectivity index (χ0v) is 14.0. The molecular weight excluding hydrogens is 326 g/mol. The second-order valence-electron chi connectivity index (χ2n) is 6.00. The summed E-state index contributed by atoms with van der Waals surface area (Å²) < 4.78 is 5.47. The van der Waals surface area contributed by atoms with Crippen molar-refractivity contribution in [3.63, 3.8) is 0 Å². The van der Waals surface area contributed by atoms with Gasteiger partial charge in [0.15, 0.2) is 5.65 Å². The molecule has 0 saturated carbocycles. The van der Waals surface area contributed by atoms with Crippen molar-refractivity contribution < 1.29 is 4.74 Å². The molecule has 0 bridgehead atoms. The van der Waals surface area contributed by atoms with Crippen LogP contribution >= 0.6 is 0 Å². The van der Waals surface area contributed by atoms with Gasteiger partial charge in [-0.3, -0.25) is 5.10 Å². The minimum atomic E-state index is 0.650. The van der Waals surface area contributed by atoms with Crippen molar-refractivity contribution in [2.45, 2.75) is 0 Å². The molecule has 5 rings (SSSR count). The Bertz CT molecular complexity index is 1240. The van der Waals surface area contributed by atoms with Gasteiger partial charge in [0.1, 0.15) is 17.0 Å². The standard InChI is InChI=1S/C20H15N5O/c1-26-17-5-3-2-4-14(17)18-19-20(25-24-18)22-11-16(23-19)12-6-7-15-13(10-12)8-9-21-15/h2-11,21H,1H3,(H,22,24,25). The van der Waals surface area contributed by atoms with E-state index in [1.807, 2.05) is 48.7 Å². The fraction of sp³-hybridized carbons (Fsp3) is 0.0500. The molecule has 26 heavy (non-hydrogen) atoms. The van der Waals surface area contributed by atoms with Gasteiger partial charge < -0.3 is 9.72 Å². The lowest BCUT2D eigenvalue weighted by Gasteiger charge is -2.06. The Kier molecular flexibility index (Phi) is 3.21. The smallest absolute Gasteiger partial charge is 0.174 e. The first-order valence-corrected chi connectivity index (χ1v) is 8.25. The van der Waals surface area contributed by atoms with Gasteiger partial charge in [-0.25, -0.2) is 9.97 Å². The summed E-state index contributed by atoms with van der Waals surface area (Å²) in [6.07, 6.45) is 3.69. The van der Waals surface area contributed by atoms with Crippen molar-refractivity contribution in [3.8, 4) is 28.3 Å². The molecule has 0 spiro atoms. The minimum absolute atomic E-state index is 0.650. The molecule has 2 N–H and O–H groups in total. The van der Waals surface area contributed by atoms with Crippen LogP contribution in [0.1, 0.15) is 0 Å². The van der Waals surface area contributed by atoms with Gasteiger partial charge in [-0.1, -0.05) is 18.2 Å². The van der Waals surface area contributed by atoms with E-state index < -0.39 is 0 Å². The molecule has 6 nitrogen and oxygen atoms in total. The van der Waals surface area contributed by atoms with Gasteiger partial charge in [-0.15, -0.1) is 0 Å². The summed E-state index contributed by atoms with van der Waals surface area (Å²) in [5, 5.41) is 8.51. The fourth-order valence-electron chi connectivity index (χ4n) is 3.18. The Labute approximate surface area is 148 Å². The molecule has 3 aromatic heterocycles. The van der Waals surface area contributed by atoms with E-state index in [-0.39, 0.29) is 0 Å². The van der Waals surface area contributed by atoms with E-state index in [1.165, 1.54) is 0 Å². The summed E-state index contributed by atoms with van der Waals surface area (Å²) in [7, 11) is 1.65. The summed E-state index contributed by atoms with van der Waals surface area (Å²) >= 11 is 0. The van der Waals surface area contributed by atoms with E-state index in [4.69, 9.17) is 9.72 Å². The lowest BCUT2D eigenvalue weighted by atomic mass is 10.1. The van der Waals surface area contributed by atoms with Gasteiger partial charge in [0.25, 0.3) is 0 Å². The summed E-state index contributed by atoms with van der Waals surface area (Å²) in [5.41, 5.74) is 5.90. The van der Waals surface area contributed by atoms with E-state index in [0.29, 0.717) is 5.65 Å². The van der Waals surface area contributed by atoms with Crippen LogP contribution in [-0.4, -0.2) is 32.3 Å². The fourth-order valence-corrected chi connectivity index (χ4v) is 3.18. The first-order valence-electron chi connectivity index (χ1n) is 8.25. The molecule has 2 aromatic carbocycles. The van der Waals surface area contributed by atoms with Gasteiger partial charge in [0.2, 0.25) is 0 Å². The Morgan fingerprint density at radius 1 is 1.04 bits per heavy atom. The van der Waals surface area contributed by atoms with Crippen LogP contribution in [0.4, 0.5) is 0 Å². The molecule has 0 aliphatic heterocycles. The molecule has 6 heteroatoms. The number of ether oxygens (including phenoxy) is 1. The average molecular weight is 341 g/mol. The number of H-pyrrole nitrogens is 2. The molecule has 0 saturated heterocycles. The lowest BCUT2D eigenvalue weighted by Crippen LogP contribution is -1.90. The van der Waals surface area contributed by atoms with E-state index in [2.05, 4.69) is 26.2 Å². The third-order valence-corrected chi connectivity index (χ3v) is 4.48. The molecule has 0 unspecified atom stereocenters. The van der Waals surface area contributed by atoms with Crippen LogP contribution in [0, 0.1) is 0 Å². The van der Waals surface area contributed by atoms with Crippen LogP contribution in [0.25, 0.3) is 44.6 Å².